The number of aliphatic carboxylic acids is 1. The van der Waals surface area contributed by atoms with Crippen molar-refractivity contribution in [1.82, 2.24) is 10.6 Å². The summed E-state index contributed by atoms with van der Waals surface area (Å²) in [5.41, 5.74) is 3.87. The van der Waals surface area contributed by atoms with E-state index in [1.165, 1.54) is 0 Å². The minimum atomic E-state index is -1.04. The van der Waals surface area contributed by atoms with Crippen LogP contribution in [-0.2, 0) is 4.79 Å². The van der Waals surface area contributed by atoms with Gasteiger partial charge in [-0.25, -0.2) is 4.79 Å². The topological polar surface area (TPSA) is 90.5 Å². The summed E-state index contributed by atoms with van der Waals surface area (Å²) in [5, 5.41) is 20.9. The third kappa shape index (κ3) is 6.51. The van der Waals surface area contributed by atoms with Crippen LogP contribution in [0.3, 0.4) is 0 Å². The molecule has 3 rings (SSSR count). The Morgan fingerprint density at radius 2 is 1.77 bits per heavy atom. The van der Waals surface area contributed by atoms with Crippen molar-refractivity contribution in [2.24, 2.45) is 5.92 Å². The first-order chi connectivity index (χ1) is 16.8. The lowest BCUT2D eigenvalue weighted by Crippen LogP contribution is -2.41. The number of hydrogen-bond acceptors (Lipinski definition) is 4. The molecule has 4 N–H and O–H groups in total. The first-order valence-electron chi connectivity index (χ1n) is 11.8. The summed E-state index contributed by atoms with van der Waals surface area (Å²) in [6.07, 6.45) is 3.94. The zero-order chi connectivity index (χ0) is 25.4. The normalized spacial score (nSPS) is 12.3. The van der Waals surface area contributed by atoms with Gasteiger partial charge in [-0.3, -0.25) is 4.79 Å². The number of amides is 1. The largest absolute Gasteiger partial charge is 0.480 e. The lowest BCUT2D eigenvalue weighted by molar-refractivity contribution is -0.139. The Morgan fingerprint density at radius 3 is 2.46 bits per heavy atom. The lowest BCUT2D eigenvalue weighted by Gasteiger charge is -2.19. The molecule has 1 atom stereocenters. The number of benzene rings is 3. The standard InChI is InChI=1S/C29H33N3O3/c1-5-21(30-6-2)18-31-22-14-15-25(28(33)32-27(29(34)35)16-19(3)4)26(17-22)24-13-9-11-20-10-7-8-12-23(20)24/h5-15,17,19,27,30-31H,2,16,18H2,1,3-4H3,(H,32,33)(H,34,35)/b21-5-. The summed E-state index contributed by atoms with van der Waals surface area (Å²) in [6, 6.07) is 18.6. The third-order valence-corrected chi connectivity index (χ3v) is 5.77. The maximum Gasteiger partial charge on any atom is 0.326 e. The van der Waals surface area contributed by atoms with Gasteiger partial charge in [-0.15, -0.1) is 0 Å². The molecule has 0 aliphatic heterocycles. The molecular weight excluding hydrogens is 438 g/mol. The summed E-state index contributed by atoms with van der Waals surface area (Å²) in [4.78, 5) is 25.1. The first-order valence-corrected chi connectivity index (χ1v) is 11.8. The molecule has 3 aromatic rings. The lowest BCUT2D eigenvalue weighted by atomic mass is 9.93. The van der Waals surface area contributed by atoms with Gasteiger partial charge in [0, 0.05) is 16.9 Å². The monoisotopic (exact) mass is 471 g/mol. The number of nitrogens with one attached hydrogen (secondary N) is 3. The van der Waals surface area contributed by atoms with E-state index in [1.807, 2.05) is 81.4 Å². The molecular formula is C29H33N3O3. The molecule has 0 heterocycles. The number of fused-ring (bicyclic) bond motifs is 1. The van der Waals surface area contributed by atoms with Crippen molar-refractivity contribution in [2.75, 3.05) is 11.9 Å². The number of carboxylic acids is 1. The Morgan fingerprint density at radius 1 is 1.03 bits per heavy atom. The molecule has 0 radical (unpaired) electrons. The molecule has 0 aliphatic carbocycles. The Bertz CT molecular complexity index is 1240. The number of carbonyl (C=O) groups excluding carboxylic acids is 1. The van der Waals surface area contributed by atoms with Gasteiger partial charge < -0.3 is 21.1 Å². The molecule has 0 bridgehead atoms. The summed E-state index contributed by atoms with van der Waals surface area (Å²) >= 11 is 0. The molecule has 1 amide bonds. The Balaban J connectivity index is 2.05. The first kappa shape index (κ1) is 25.6. The van der Waals surface area contributed by atoms with Crippen LogP contribution in [0, 0.1) is 5.92 Å². The Labute approximate surface area is 206 Å². The SMILES string of the molecule is C=CN/C(=C\C)CNc1ccc(C(=O)NC(CC(C)C)C(=O)O)c(-c2cccc3ccccc23)c1. The van der Waals surface area contributed by atoms with Crippen LogP contribution >= 0.6 is 0 Å². The number of carbonyl (C=O) groups is 2. The second kappa shape index (κ2) is 11.9. The smallest absolute Gasteiger partial charge is 0.326 e. The molecule has 0 aromatic heterocycles. The summed E-state index contributed by atoms with van der Waals surface area (Å²) in [7, 11) is 0. The van der Waals surface area contributed by atoms with E-state index in [4.69, 9.17) is 0 Å². The molecule has 35 heavy (non-hydrogen) atoms. The van der Waals surface area contributed by atoms with Crippen LogP contribution in [0.15, 0.2) is 85.2 Å². The minimum absolute atomic E-state index is 0.130. The number of hydrogen-bond donors (Lipinski definition) is 4. The number of allylic oxidation sites excluding steroid dienone is 1. The van der Waals surface area contributed by atoms with Gasteiger partial charge in [0.25, 0.3) is 5.91 Å². The van der Waals surface area contributed by atoms with Crippen LogP contribution in [0.4, 0.5) is 5.69 Å². The van der Waals surface area contributed by atoms with Crippen molar-refractivity contribution in [3.05, 3.63) is 90.8 Å². The zero-order valence-corrected chi connectivity index (χ0v) is 20.5. The van der Waals surface area contributed by atoms with E-state index < -0.39 is 17.9 Å². The molecule has 0 aliphatic rings. The van der Waals surface area contributed by atoms with Gasteiger partial charge >= 0.3 is 5.97 Å². The second-order valence-corrected chi connectivity index (χ2v) is 8.80. The fourth-order valence-corrected chi connectivity index (χ4v) is 4.03. The minimum Gasteiger partial charge on any atom is -0.480 e. The number of rotatable bonds is 11. The Hall–Kier alpha value is -4.06. The molecule has 6 heteroatoms. The van der Waals surface area contributed by atoms with Crippen LogP contribution in [-0.4, -0.2) is 29.6 Å². The maximum atomic E-state index is 13.4. The molecule has 0 fully saturated rings. The average molecular weight is 472 g/mol. The van der Waals surface area contributed by atoms with Gasteiger partial charge in [-0.05, 0) is 65.6 Å². The number of carboxylic acid groups (broad SMARTS) is 1. The molecule has 3 aromatic carbocycles. The molecule has 0 saturated heterocycles. The van der Waals surface area contributed by atoms with Crippen LogP contribution in [0.2, 0.25) is 0 Å². The third-order valence-electron chi connectivity index (χ3n) is 5.77. The highest BCUT2D eigenvalue weighted by Crippen LogP contribution is 2.33. The highest BCUT2D eigenvalue weighted by atomic mass is 16.4. The van der Waals surface area contributed by atoms with E-state index in [-0.39, 0.29) is 5.92 Å². The van der Waals surface area contributed by atoms with Gasteiger partial charge in [0.2, 0.25) is 0 Å². The van der Waals surface area contributed by atoms with Crippen LogP contribution in [0.25, 0.3) is 21.9 Å². The van der Waals surface area contributed by atoms with Crippen molar-refractivity contribution < 1.29 is 14.7 Å². The highest BCUT2D eigenvalue weighted by Gasteiger charge is 2.24. The summed E-state index contributed by atoms with van der Waals surface area (Å²) in [6.45, 7) is 10.1. The van der Waals surface area contributed by atoms with Crippen molar-refractivity contribution in [1.29, 1.82) is 0 Å². The van der Waals surface area contributed by atoms with Crippen molar-refractivity contribution in [3.63, 3.8) is 0 Å². The average Bonchev–Trinajstić information content (AvgIpc) is 2.85. The van der Waals surface area contributed by atoms with E-state index in [2.05, 4.69) is 22.5 Å². The Kier molecular flexibility index (Phi) is 8.68. The highest BCUT2D eigenvalue weighted by molar-refractivity contribution is 6.07. The number of anilines is 1. The van der Waals surface area contributed by atoms with Gasteiger partial charge in [-0.2, -0.15) is 0 Å². The predicted molar refractivity (Wildman–Crippen MR) is 143 cm³/mol. The maximum absolute atomic E-state index is 13.4. The van der Waals surface area contributed by atoms with Gasteiger partial charge in [-0.1, -0.05) is 69.0 Å². The molecule has 0 spiro atoms. The van der Waals surface area contributed by atoms with Crippen LogP contribution < -0.4 is 16.0 Å². The molecule has 182 valence electrons. The van der Waals surface area contributed by atoms with Crippen LogP contribution in [0.5, 0.6) is 0 Å². The van der Waals surface area contributed by atoms with Gasteiger partial charge in [0.15, 0.2) is 0 Å². The molecule has 1 unspecified atom stereocenters. The van der Waals surface area contributed by atoms with Crippen molar-refractivity contribution >= 4 is 28.3 Å². The van der Waals surface area contributed by atoms with E-state index in [0.29, 0.717) is 18.5 Å². The van der Waals surface area contributed by atoms with Crippen molar-refractivity contribution in [3.8, 4) is 11.1 Å². The summed E-state index contributed by atoms with van der Waals surface area (Å²) in [5.74, 6) is -1.31. The molecule has 0 saturated carbocycles. The quantitative estimate of drug-likeness (QED) is 0.284. The van der Waals surface area contributed by atoms with E-state index in [9.17, 15) is 14.7 Å². The summed E-state index contributed by atoms with van der Waals surface area (Å²) < 4.78 is 0. The van der Waals surface area contributed by atoms with Gasteiger partial charge in [0.05, 0.1) is 6.54 Å². The van der Waals surface area contributed by atoms with E-state index in [0.717, 1.165) is 33.3 Å². The molecule has 6 nitrogen and oxygen atoms in total. The van der Waals surface area contributed by atoms with Gasteiger partial charge in [0.1, 0.15) is 6.04 Å². The predicted octanol–water partition coefficient (Wildman–Crippen LogP) is 5.78. The zero-order valence-electron chi connectivity index (χ0n) is 20.5. The van der Waals surface area contributed by atoms with E-state index >= 15 is 0 Å². The second-order valence-electron chi connectivity index (χ2n) is 8.80. The fourth-order valence-electron chi connectivity index (χ4n) is 4.03. The van der Waals surface area contributed by atoms with E-state index in [1.54, 1.807) is 12.3 Å². The van der Waals surface area contributed by atoms with Crippen LogP contribution in [0.1, 0.15) is 37.6 Å². The fraction of sp³-hybridized carbons (Fsp3) is 0.241. The van der Waals surface area contributed by atoms with Crippen molar-refractivity contribution in [2.45, 2.75) is 33.2 Å².